The second kappa shape index (κ2) is 6.79. The molecule has 1 N–H and O–H groups in total. The second-order valence-electron chi connectivity index (χ2n) is 4.09. The molecule has 2 aromatic rings. The quantitative estimate of drug-likeness (QED) is 0.495. The summed E-state index contributed by atoms with van der Waals surface area (Å²) in [6, 6.07) is 6.96. The fraction of sp³-hybridized carbons (Fsp3) is 0.231. The van der Waals surface area contributed by atoms with Gasteiger partial charge in [0.2, 0.25) is 0 Å². The maximum absolute atomic E-state index is 10.6. The van der Waals surface area contributed by atoms with Crippen molar-refractivity contribution in [3.05, 3.63) is 60.7 Å². The molecule has 0 radical (unpaired) electrons. The molecule has 0 aliphatic rings. The number of hydrogen-bond donors (Lipinski definition) is 1. The van der Waals surface area contributed by atoms with Gasteiger partial charge in [-0.25, -0.2) is 0 Å². The Morgan fingerprint density at radius 2 is 2.21 bits per heavy atom. The molecule has 19 heavy (non-hydrogen) atoms. The van der Waals surface area contributed by atoms with Gasteiger partial charge in [-0.15, -0.1) is 0 Å². The Labute approximate surface area is 123 Å². The van der Waals surface area contributed by atoms with Gasteiger partial charge in [0.05, 0.1) is 4.92 Å². The molecule has 1 aromatic carbocycles. The van der Waals surface area contributed by atoms with Crippen molar-refractivity contribution in [2.24, 2.45) is 0 Å². The van der Waals surface area contributed by atoms with Crippen molar-refractivity contribution in [1.82, 2.24) is 5.32 Å². The van der Waals surface area contributed by atoms with Gasteiger partial charge in [0.15, 0.2) is 0 Å². The van der Waals surface area contributed by atoms with Crippen LogP contribution >= 0.6 is 27.3 Å². The van der Waals surface area contributed by atoms with E-state index in [0.29, 0.717) is 6.54 Å². The summed E-state index contributed by atoms with van der Waals surface area (Å²) in [6.45, 7) is 1.59. The monoisotopic (exact) mass is 340 g/mol. The van der Waals surface area contributed by atoms with Gasteiger partial charge in [-0.05, 0) is 47.0 Å². The minimum Gasteiger partial charge on any atom is -0.312 e. The van der Waals surface area contributed by atoms with Gasteiger partial charge in [0.1, 0.15) is 0 Å². The molecule has 0 spiro atoms. The summed E-state index contributed by atoms with van der Waals surface area (Å²) in [7, 11) is 0. The molecule has 0 saturated heterocycles. The largest absolute Gasteiger partial charge is 0.312 e. The van der Waals surface area contributed by atoms with Gasteiger partial charge >= 0.3 is 0 Å². The number of nitro benzene ring substituents is 1. The van der Waals surface area contributed by atoms with Crippen LogP contribution in [-0.2, 0) is 13.0 Å². The molecule has 0 fully saturated rings. The number of nitrogens with one attached hydrogen (secondary N) is 1. The van der Waals surface area contributed by atoms with E-state index in [4.69, 9.17) is 0 Å². The van der Waals surface area contributed by atoms with Gasteiger partial charge in [0, 0.05) is 23.2 Å². The number of nitro groups is 1. The third-order valence-corrected chi connectivity index (χ3v) is 4.20. The molecule has 0 bridgehead atoms. The van der Waals surface area contributed by atoms with Crippen molar-refractivity contribution in [3.63, 3.8) is 0 Å². The summed E-state index contributed by atoms with van der Waals surface area (Å²) >= 11 is 5.07. The Morgan fingerprint density at radius 1 is 1.37 bits per heavy atom. The van der Waals surface area contributed by atoms with Gasteiger partial charge in [-0.2, -0.15) is 11.3 Å². The van der Waals surface area contributed by atoms with Crippen LogP contribution in [0, 0.1) is 10.1 Å². The molecule has 100 valence electrons. The van der Waals surface area contributed by atoms with Crippen LogP contribution in [0.5, 0.6) is 0 Å². The molecule has 0 unspecified atom stereocenters. The lowest BCUT2D eigenvalue weighted by atomic mass is 10.2. The molecule has 0 atom stereocenters. The normalized spacial score (nSPS) is 10.6. The SMILES string of the molecule is O=[N+]([O-])c1ccc(CNCCc2ccsc2)c(Br)c1. The van der Waals surface area contributed by atoms with E-state index in [0.717, 1.165) is 23.0 Å². The lowest BCUT2D eigenvalue weighted by molar-refractivity contribution is -0.384. The van der Waals surface area contributed by atoms with E-state index in [-0.39, 0.29) is 5.69 Å². The fourth-order valence-corrected chi connectivity index (χ4v) is 2.89. The first-order valence-corrected chi connectivity index (χ1v) is 7.55. The highest BCUT2D eigenvalue weighted by atomic mass is 79.9. The zero-order valence-corrected chi connectivity index (χ0v) is 12.5. The van der Waals surface area contributed by atoms with E-state index in [1.54, 1.807) is 17.4 Å². The van der Waals surface area contributed by atoms with Crippen molar-refractivity contribution in [3.8, 4) is 0 Å². The zero-order valence-electron chi connectivity index (χ0n) is 10.1. The first-order valence-electron chi connectivity index (χ1n) is 5.81. The summed E-state index contributed by atoms with van der Waals surface area (Å²) in [4.78, 5) is 10.2. The van der Waals surface area contributed by atoms with Crippen LogP contribution < -0.4 is 5.32 Å². The highest BCUT2D eigenvalue weighted by Crippen LogP contribution is 2.22. The number of halogens is 1. The van der Waals surface area contributed by atoms with E-state index in [9.17, 15) is 10.1 Å². The van der Waals surface area contributed by atoms with E-state index in [1.807, 2.05) is 0 Å². The molecule has 1 heterocycles. The highest BCUT2D eigenvalue weighted by molar-refractivity contribution is 9.10. The summed E-state index contributed by atoms with van der Waals surface area (Å²) in [5, 5.41) is 18.2. The van der Waals surface area contributed by atoms with E-state index in [1.165, 1.54) is 17.7 Å². The van der Waals surface area contributed by atoms with Gasteiger partial charge in [-0.3, -0.25) is 10.1 Å². The Kier molecular flexibility index (Phi) is 5.07. The summed E-state index contributed by atoms with van der Waals surface area (Å²) in [5.41, 5.74) is 2.46. The minimum atomic E-state index is -0.390. The first-order chi connectivity index (χ1) is 9.16. The van der Waals surface area contributed by atoms with Crippen LogP contribution in [0.25, 0.3) is 0 Å². The number of benzene rings is 1. The molecule has 0 aliphatic carbocycles. The van der Waals surface area contributed by atoms with Crippen LogP contribution in [-0.4, -0.2) is 11.5 Å². The Balaban J connectivity index is 1.84. The third-order valence-electron chi connectivity index (χ3n) is 2.73. The van der Waals surface area contributed by atoms with Gasteiger partial charge < -0.3 is 5.32 Å². The third kappa shape index (κ3) is 4.12. The second-order valence-corrected chi connectivity index (χ2v) is 5.73. The summed E-state index contributed by atoms with van der Waals surface area (Å²) in [6.07, 6.45) is 0.994. The van der Waals surface area contributed by atoms with Crippen LogP contribution in [0.3, 0.4) is 0 Å². The van der Waals surface area contributed by atoms with Crippen LogP contribution in [0.4, 0.5) is 5.69 Å². The van der Waals surface area contributed by atoms with Crippen molar-refractivity contribution in [1.29, 1.82) is 0 Å². The Morgan fingerprint density at radius 3 is 2.84 bits per heavy atom. The molecule has 0 amide bonds. The van der Waals surface area contributed by atoms with Crippen molar-refractivity contribution < 1.29 is 4.92 Å². The highest BCUT2D eigenvalue weighted by Gasteiger charge is 2.08. The maximum Gasteiger partial charge on any atom is 0.270 e. The average Bonchev–Trinajstić information content (AvgIpc) is 2.89. The van der Waals surface area contributed by atoms with Gasteiger partial charge in [0.25, 0.3) is 5.69 Å². The minimum absolute atomic E-state index is 0.105. The van der Waals surface area contributed by atoms with Crippen molar-refractivity contribution in [2.45, 2.75) is 13.0 Å². The topological polar surface area (TPSA) is 55.2 Å². The zero-order chi connectivity index (χ0) is 13.7. The Hall–Kier alpha value is -1.24. The average molecular weight is 341 g/mol. The maximum atomic E-state index is 10.6. The number of nitrogens with zero attached hydrogens (tertiary/aromatic N) is 1. The fourth-order valence-electron chi connectivity index (χ4n) is 1.68. The summed E-state index contributed by atoms with van der Waals surface area (Å²) in [5.74, 6) is 0. The van der Waals surface area contributed by atoms with Crippen molar-refractivity contribution in [2.75, 3.05) is 6.54 Å². The van der Waals surface area contributed by atoms with Crippen LogP contribution in [0.1, 0.15) is 11.1 Å². The Bertz CT molecular complexity index is 558. The number of rotatable bonds is 6. The number of hydrogen-bond acceptors (Lipinski definition) is 4. The van der Waals surface area contributed by atoms with E-state index in [2.05, 4.69) is 38.1 Å². The first kappa shape index (κ1) is 14.2. The molecule has 2 rings (SSSR count). The molecule has 4 nitrogen and oxygen atoms in total. The molecule has 0 saturated carbocycles. The summed E-state index contributed by atoms with van der Waals surface area (Å²) < 4.78 is 0.768. The lowest BCUT2D eigenvalue weighted by Crippen LogP contribution is -2.16. The predicted molar refractivity (Wildman–Crippen MR) is 80.5 cm³/mol. The lowest BCUT2D eigenvalue weighted by Gasteiger charge is -2.06. The van der Waals surface area contributed by atoms with Crippen LogP contribution in [0.2, 0.25) is 0 Å². The van der Waals surface area contributed by atoms with E-state index < -0.39 is 4.92 Å². The van der Waals surface area contributed by atoms with Crippen molar-refractivity contribution >= 4 is 33.0 Å². The number of thiophene rings is 1. The number of non-ortho nitro benzene ring substituents is 1. The van der Waals surface area contributed by atoms with Crippen LogP contribution in [0.15, 0.2) is 39.5 Å². The predicted octanol–water partition coefficient (Wildman–Crippen LogP) is 3.75. The molecular weight excluding hydrogens is 328 g/mol. The van der Waals surface area contributed by atoms with Gasteiger partial charge in [-0.1, -0.05) is 15.9 Å². The molecule has 0 aliphatic heterocycles. The smallest absolute Gasteiger partial charge is 0.270 e. The molecule has 1 aromatic heterocycles. The molecular formula is C13H13BrN2O2S. The van der Waals surface area contributed by atoms with E-state index >= 15 is 0 Å². The molecule has 6 heteroatoms. The standard InChI is InChI=1S/C13H13BrN2O2S/c14-13-7-12(16(17)18)2-1-11(13)8-15-5-3-10-4-6-19-9-10/h1-2,4,6-7,9,15H,3,5,8H2.